The van der Waals surface area contributed by atoms with Crippen LogP contribution in [0.1, 0.15) is 0 Å². The zero-order valence-electron chi connectivity index (χ0n) is 5.32. The second-order valence-electron chi connectivity index (χ2n) is 1.52. The van der Waals surface area contributed by atoms with E-state index in [-0.39, 0.29) is 0 Å². The molecule has 0 atom stereocenters. The predicted molar refractivity (Wildman–Crippen MR) is 46.0 cm³/mol. The van der Waals surface area contributed by atoms with Crippen LogP contribution in [0.2, 0.25) is 0 Å². The van der Waals surface area contributed by atoms with Gasteiger partial charge in [-0.3, -0.25) is 0 Å². The fourth-order valence-electron chi connectivity index (χ4n) is 0.542. The van der Waals surface area contributed by atoms with Gasteiger partial charge >= 0.3 is 0 Å². The number of hydrogen-bond donors (Lipinski definition) is 1. The molecule has 2 N–H and O–H groups in total. The van der Waals surface area contributed by atoms with Crippen LogP contribution in [-0.2, 0) is 0 Å². The average Bonchev–Trinajstić information content (AvgIpc) is 2.36. The predicted octanol–water partition coefficient (Wildman–Crippen LogP) is 1.10. The molecule has 0 saturated carbocycles. The van der Waals surface area contributed by atoms with Gasteiger partial charge in [-0.15, -0.1) is 0 Å². The van der Waals surface area contributed by atoms with Crippen LogP contribution >= 0.6 is 11.8 Å². The van der Waals surface area contributed by atoms with Gasteiger partial charge < -0.3 is 5.73 Å². The van der Waals surface area contributed by atoms with E-state index < -0.39 is 0 Å². The molecule has 0 spiro atoms. The van der Waals surface area contributed by atoms with Crippen LogP contribution in [-0.4, -0.2) is 10.6 Å². The minimum atomic E-state index is 0.713. The van der Waals surface area contributed by atoms with Crippen molar-refractivity contribution >= 4 is 22.4 Å². The van der Waals surface area contributed by atoms with Gasteiger partial charge in [-0.2, -0.15) is 0 Å². The molecule has 0 saturated heterocycles. The Morgan fingerprint density at radius 2 is 2.60 bits per heavy atom. The maximum atomic E-state index is 5.25. The summed E-state index contributed by atoms with van der Waals surface area (Å²) in [5.74, 6) is 0. The summed E-state index contributed by atoms with van der Waals surface area (Å²) >= 11 is 1.44. The lowest BCUT2D eigenvalue weighted by molar-refractivity contribution is 1.42. The molecule has 10 heavy (non-hydrogen) atoms. The molecule has 52 valence electrons. The molecule has 1 aliphatic rings. The summed E-state index contributed by atoms with van der Waals surface area (Å²) in [4.78, 5) is 7.90. The molecule has 0 aromatic heterocycles. The van der Waals surface area contributed by atoms with Crippen molar-refractivity contribution in [3.63, 3.8) is 0 Å². The van der Waals surface area contributed by atoms with Crippen molar-refractivity contribution in [3.8, 4) is 0 Å². The maximum Gasteiger partial charge on any atom is 0.129 e. The van der Waals surface area contributed by atoms with E-state index in [2.05, 4.69) is 16.6 Å². The largest absolute Gasteiger partial charge is 0.403 e. The Hall–Kier alpha value is -1.03. The van der Waals surface area contributed by atoms with Crippen molar-refractivity contribution in [2.45, 2.75) is 0 Å². The average molecular weight is 153 g/mol. The topological polar surface area (TPSA) is 50.7 Å². The van der Waals surface area contributed by atoms with Gasteiger partial charge in [0.2, 0.25) is 0 Å². The maximum absolute atomic E-state index is 5.25. The first-order valence-electron chi connectivity index (χ1n) is 2.68. The molecule has 0 unspecified atom stereocenters. The Labute approximate surface area is 63.4 Å². The lowest BCUT2D eigenvalue weighted by Crippen LogP contribution is -1.92. The fraction of sp³-hybridized carbons (Fsp3) is 0. The number of hydrogen-bond acceptors (Lipinski definition) is 4. The fourth-order valence-corrected chi connectivity index (χ4v) is 1.19. The normalized spacial score (nSPS) is 24.4. The van der Waals surface area contributed by atoms with Gasteiger partial charge in [-0.05, 0) is 0 Å². The number of aliphatic imine (C=N–C) groups is 2. The van der Waals surface area contributed by atoms with Crippen molar-refractivity contribution in [1.29, 1.82) is 0 Å². The van der Waals surface area contributed by atoms with E-state index in [1.165, 1.54) is 24.2 Å². The van der Waals surface area contributed by atoms with Crippen molar-refractivity contribution < 1.29 is 0 Å². The van der Waals surface area contributed by atoms with E-state index in [1.807, 2.05) is 0 Å². The Morgan fingerprint density at radius 3 is 3.20 bits per heavy atom. The van der Waals surface area contributed by atoms with Crippen LogP contribution in [0.15, 0.2) is 34.7 Å². The standard InChI is InChI=1S/C6H7N3S/c1-2-8-6-5(3-7)9-4-10-6/h2-4H,1,7H2/b5-3+,8-6+. The number of rotatable bonds is 1. The molecule has 0 fully saturated rings. The number of nitrogens with zero attached hydrogens (tertiary/aromatic N) is 2. The van der Waals surface area contributed by atoms with Crippen LogP contribution in [0.25, 0.3) is 0 Å². The molecule has 1 rings (SSSR count). The van der Waals surface area contributed by atoms with Gasteiger partial charge in [0.05, 0.1) is 5.55 Å². The highest BCUT2D eigenvalue weighted by molar-refractivity contribution is 8.26. The van der Waals surface area contributed by atoms with Gasteiger partial charge in [0.25, 0.3) is 0 Å². The molecule has 0 amide bonds. The third-order valence-electron chi connectivity index (χ3n) is 0.942. The van der Waals surface area contributed by atoms with Gasteiger partial charge in [-0.1, -0.05) is 18.3 Å². The summed E-state index contributed by atoms with van der Waals surface area (Å²) in [5, 5.41) is 0.803. The highest BCUT2D eigenvalue weighted by atomic mass is 32.2. The Balaban J connectivity index is 2.84. The summed E-state index contributed by atoms with van der Waals surface area (Å²) in [6, 6.07) is 0. The molecular weight excluding hydrogens is 146 g/mol. The zero-order valence-corrected chi connectivity index (χ0v) is 6.14. The van der Waals surface area contributed by atoms with Crippen LogP contribution in [0, 0.1) is 0 Å². The van der Waals surface area contributed by atoms with Crippen molar-refractivity contribution in [3.05, 3.63) is 24.7 Å². The second kappa shape index (κ2) is 3.22. The molecule has 0 aromatic carbocycles. The summed E-state index contributed by atoms with van der Waals surface area (Å²) in [6.07, 6.45) is 2.90. The first-order chi connectivity index (χ1) is 4.88. The molecule has 1 heterocycles. The zero-order chi connectivity index (χ0) is 7.40. The highest BCUT2D eigenvalue weighted by Gasteiger charge is 2.09. The smallest absolute Gasteiger partial charge is 0.129 e. The lowest BCUT2D eigenvalue weighted by Gasteiger charge is -1.90. The van der Waals surface area contributed by atoms with Crippen molar-refractivity contribution in [1.82, 2.24) is 0 Å². The van der Waals surface area contributed by atoms with E-state index in [4.69, 9.17) is 5.73 Å². The Morgan fingerprint density at radius 1 is 1.80 bits per heavy atom. The third-order valence-corrected chi connectivity index (χ3v) is 1.69. The van der Waals surface area contributed by atoms with Crippen LogP contribution in [0.4, 0.5) is 0 Å². The van der Waals surface area contributed by atoms with Crippen LogP contribution < -0.4 is 5.73 Å². The van der Waals surface area contributed by atoms with Crippen LogP contribution in [0.3, 0.4) is 0 Å². The minimum absolute atomic E-state index is 0.713. The van der Waals surface area contributed by atoms with Gasteiger partial charge in [0.15, 0.2) is 0 Å². The SMILES string of the molecule is C=C/N=C1/SC=N/C1=C/N. The highest BCUT2D eigenvalue weighted by Crippen LogP contribution is 2.18. The molecule has 0 radical (unpaired) electrons. The van der Waals surface area contributed by atoms with E-state index >= 15 is 0 Å². The first kappa shape index (κ1) is 7.08. The summed E-state index contributed by atoms with van der Waals surface area (Å²) in [6.45, 7) is 3.47. The van der Waals surface area contributed by atoms with E-state index in [9.17, 15) is 0 Å². The van der Waals surface area contributed by atoms with Gasteiger partial charge in [-0.25, -0.2) is 9.98 Å². The molecule has 0 bridgehead atoms. The quantitative estimate of drug-likeness (QED) is 0.613. The number of nitrogens with two attached hydrogens (primary N) is 1. The Bertz CT molecular complexity index is 227. The molecule has 4 heteroatoms. The van der Waals surface area contributed by atoms with E-state index in [0.717, 1.165) is 5.04 Å². The molecule has 3 nitrogen and oxygen atoms in total. The van der Waals surface area contributed by atoms with Crippen molar-refractivity contribution in [2.75, 3.05) is 0 Å². The van der Waals surface area contributed by atoms with Gasteiger partial charge in [0, 0.05) is 12.4 Å². The molecule has 0 aromatic rings. The third kappa shape index (κ3) is 1.27. The monoisotopic (exact) mass is 153 g/mol. The lowest BCUT2D eigenvalue weighted by atomic mass is 10.5. The minimum Gasteiger partial charge on any atom is -0.403 e. The van der Waals surface area contributed by atoms with Crippen LogP contribution in [0.5, 0.6) is 0 Å². The molecule has 1 aliphatic heterocycles. The van der Waals surface area contributed by atoms with Gasteiger partial charge in [0.1, 0.15) is 10.7 Å². The number of thioether (sulfide) groups is 1. The van der Waals surface area contributed by atoms with E-state index in [0.29, 0.717) is 5.70 Å². The molecule has 0 aliphatic carbocycles. The summed E-state index contributed by atoms with van der Waals surface area (Å²) in [7, 11) is 0. The summed E-state index contributed by atoms with van der Waals surface area (Å²) < 4.78 is 0. The van der Waals surface area contributed by atoms with Crippen molar-refractivity contribution in [2.24, 2.45) is 15.7 Å². The first-order valence-corrected chi connectivity index (χ1v) is 3.56. The Kier molecular flexibility index (Phi) is 2.28. The second-order valence-corrected chi connectivity index (χ2v) is 2.35. The van der Waals surface area contributed by atoms with E-state index in [1.54, 1.807) is 5.55 Å². The molecular formula is C6H7N3S. The summed E-state index contributed by atoms with van der Waals surface area (Å²) in [5.41, 5.74) is 7.66.